The minimum absolute atomic E-state index is 0.122. The van der Waals surface area contributed by atoms with E-state index in [9.17, 15) is 22.8 Å². The standard InChI is InChI=1S/C20H21F3N2S.C4H4O4/c1-24-8-10-25(11-9-24)17-13-14-12-15(20(21,22)23)6-7-18(14)26-19-5-3-2-4-16(17)19;5-3(6)1-2-4(7)8/h2-7,12,17H,8-11,13H2,1H3;1-2H,(H,5,6)(H,7,8)/b;2-1+. The van der Waals surface area contributed by atoms with Crippen LogP contribution in [0, 0.1) is 0 Å². The Labute approximate surface area is 199 Å². The molecule has 0 saturated carbocycles. The quantitative estimate of drug-likeness (QED) is 0.612. The number of rotatable bonds is 3. The van der Waals surface area contributed by atoms with Gasteiger partial charge in [-0.25, -0.2) is 9.59 Å². The molecule has 182 valence electrons. The van der Waals surface area contributed by atoms with Gasteiger partial charge in [0.2, 0.25) is 0 Å². The minimum Gasteiger partial charge on any atom is -0.478 e. The molecule has 0 amide bonds. The molecule has 6 nitrogen and oxygen atoms in total. The van der Waals surface area contributed by atoms with Gasteiger partial charge in [-0.3, -0.25) is 4.90 Å². The van der Waals surface area contributed by atoms with E-state index >= 15 is 0 Å². The topological polar surface area (TPSA) is 81.1 Å². The smallest absolute Gasteiger partial charge is 0.416 e. The number of alkyl halides is 3. The number of carboxylic acids is 2. The van der Waals surface area contributed by atoms with Crippen LogP contribution in [0.15, 0.2) is 64.4 Å². The highest BCUT2D eigenvalue weighted by atomic mass is 32.2. The van der Waals surface area contributed by atoms with Crippen molar-refractivity contribution >= 4 is 23.7 Å². The van der Waals surface area contributed by atoms with Gasteiger partial charge in [-0.1, -0.05) is 30.0 Å². The number of halogens is 3. The zero-order valence-corrected chi connectivity index (χ0v) is 19.3. The minimum atomic E-state index is -4.30. The predicted molar refractivity (Wildman–Crippen MR) is 122 cm³/mol. The first-order valence-corrected chi connectivity index (χ1v) is 11.4. The second-order valence-electron chi connectivity index (χ2n) is 8.03. The number of carbonyl (C=O) groups is 2. The number of carboxylic acid groups (broad SMARTS) is 2. The maximum absolute atomic E-state index is 13.2. The van der Waals surface area contributed by atoms with E-state index in [1.807, 2.05) is 12.1 Å². The molecule has 2 aromatic rings. The molecule has 4 rings (SSSR count). The van der Waals surface area contributed by atoms with E-state index in [-0.39, 0.29) is 6.04 Å². The van der Waals surface area contributed by atoms with Crippen molar-refractivity contribution in [2.24, 2.45) is 0 Å². The van der Waals surface area contributed by atoms with Crippen molar-refractivity contribution in [2.45, 2.75) is 28.4 Å². The number of piperazine rings is 1. The van der Waals surface area contributed by atoms with Crippen LogP contribution in [-0.2, 0) is 22.2 Å². The van der Waals surface area contributed by atoms with Gasteiger partial charge >= 0.3 is 18.1 Å². The predicted octanol–water partition coefficient (Wildman–Crippen LogP) is 4.41. The fraction of sp³-hybridized carbons (Fsp3) is 0.333. The summed E-state index contributed by atoms with van der Waals surface area (Å²) < 4.78 is 39.6. The van der Waals surface area contributed by atoms with Crippen LogP contribution in [0.25, 0.3) is 0 Å². The Morgan fingerprint density at radius 3 is 2.18 bits per heavy atom. The van der Waals surface area contributed by atoms with Crippen LogP contribution >= 0.6 is 11.8 Å². The van der Waals surface area contributed by atoms with Crippen molar-refractivity contribution in [2.75, 3.05) is 33.2 Å². The van der Waals surface area contributed by atoms with Crippen molar-refractivity contribution in [3.8, 4) is 0 Å². The second-order valence-corrected chi connectivity index (χ2v) is 9.11. The largest absolute Gasteiger partial charge is 0.478 e. The molecule has 34 heavy (non-hydrogen) atoms. The Balaban J connectivity index is 0.000000350. The monoisotopic (exact) mass is 494 g/mol. The lowest BCUT2D eigenvalue weighted by atomic mass is 9.95. The number of likely N-dealkylation sites (N-methyl/N-ethyl adjacent to an activating group) is 1. The third kappa shape index (κ3) is 6.85. The van der Waals surface area contributed by atoms with E-state index < -0.39 is 23.7 Å². The molecule has 0 aromatic heterocycles. The van der Waals surface area contributed by atoms with Crippen LogP contribution in [0.1, 0.15) is 22.7 Å². The third-order valence-corrected chi connectivity index (χ3v) is 6.86. The maximum atomic E-state index is 13.2. The molecule has 2 aromatic carbocycles. The van der Waals surface area contributed by atoms with Crippen molar-refractivity contribution in [3.05, 3.63) is 71.3 Å². The van der Waals surface area contributed by atoms with Gasteiger partial charge in [-0.2, -0.15) is 13.2 Å². The Bertz CT molecular complexity index is 1050. The average molecular weight is 495 g/mol. The van der Waals surface area contributed by atoms with Gasteiger partial charge in [-0.05, 0) is 48.9 Å². The molecule has 0 spiro atoms. The van der Waals surface area contributed by atoms with E-state index in [4.69, 9.17) is 10.2 Å². The van der Waals surface area contributed by atoms with Crippen molar-refractivity contribution in [1.82, 2.24) is 9.80 Å². The zero-order chi connectivity index (χ0) is 24.9. The molecule has 0 aliphatic carbocycles. The molecular weight excluding hydrogens is 469 g/mol. The highest BCUT2D eigenvalue weighted by Crippen LogP contribution is 2.44. The summed E-state index contributed by atoms with van der Waals surface area (Å²) in [6, 6.07) is 12.5. The van der Waals surface area contributed by atoms with E-state index in [1.165, 1.54) is 17.7 Å². The van der Waals surface area contributed by atoms with Gasteiger partial charge in [0.25, 0.3) is 0 Å². The molecular formula is C24H25F3N2O4S. The fourth-order valence-corrected chi connectivity index (χ4v) is 5.02. The Hall–Kier alpha value is -2.82. The summed E-state index contributed by atoms with van der Waals surface area (Å²) in [4.78, 5) is 25.9. The van der Waals surface area contributed by atoms with Crippen LogP contribution in [0.3, 0.4) is 0 Å². The molecule has 0 bridgehead atoms. The van der Waals surface area contributed by atoms with Crippen LogP contribution < -0.4 is 0 Å². The number of aliphatic carboxylic acids is 2. The molecule has 1 unspecified atom stereocenters. The van der Waals surface area contributed by atoms with Crippen molar-refractivity contribution < 1.29 is 33.0 Å². The SMILES string of the molecule is CN1CCN(C2Cc3cc(C(F)(F)F)ccc3Sc3ccccc32)CC1.O=C(O)/C=C/C(=O)O. The van der Waals surface area contributed by atoms with E-state index in [2.05, 4.69) is 29.0 Å². The maximum Gasteiger partial charge on any atom is 0.416 e. The molecule has 1 saturated heterocycles. The van der Waals surface area contributed by atoms with Crippen molar-refractivity contribution in [3.63, 3.8) is 0 Å². The van der Waals surface area contributed by atoms with E-state index in [0.717, 1.165) is 41.5 Å². The second kappa shape index (κ2) is 11.1. The first kappa shape index (κ1) is 25.8. The van der Waals surface area contributed by atoms with E-state index in [0.29, 0.717) is 18.6 Å². The lowest BCUT2D eigenvalue weighted by Gasteiger charge is -2.38. The highest BCUT2D eigenvalue weighted by molar-refractivity contribution is 7.99. The molecule has 1 atom stereocenters. The molecule has 2 heterocycles. The van der Waals surface area contributed by atoms with E-state index in [1.54, 1.807) is 17.8 Å². The Morgan fingerprint density at radius 1 is 0.971 bits per heavy atom. The molecule has 1 fully saturated rings. The summed E-state index contributed by atoms with van der Waals surface area (Å²) in [5.74, 6) is -2.51. The summed E-state index contributed by atoms with van der Waals surface area (Å²) in [6.45, 7) is 3.85. The van der Waals surface area contributed by atoms with Crippen LogP contribution in [0.4, 0.5) is 13.2 Å². The summed E-state index contributed by atoms with van der Waals surface area (Å²) >= 11 is 1.59. The highest BCUT2D eigenvalue weighted by Gasteiger charge is 2.33. The number of nitrogens with zero attached hydrogens (tertiary/aromatic N) is 2. The van der Waals surface area contributed by atoms with Gasteiger partial charge in [0.1, 0.15) is 0 Å². The Kier molecular flexibility index (Phi) is 8.40. The fourth-order valence-electron chi connectivity index (χ4n) is 3.90. The zero-order valence-electron chi connectivity index (χ0n) is 18.5. The first-order valence-electron chi connectivity index (χ1n) is 10.6. The molecule has 2 aliphatic rings. The lowest BCUT2D eigenvalue weighted by molar-refractivity contribution is -0.137. The van der Waals surface area contributed by atoms with Crippen LogP contribution in [0.5, 0.6) is 0 Å². The summed E-state index contributed by atoms with van der Waals surface area (Å²) in [7, 11) is 2.11. The van der Waals surface area contributed by atoms with Crippen LogP contribution in [0.2, 0.25) is 0 Å². The summed E-state index contributed by atoms with van der Waals surface area (Å²) in [5, 5.41) is 15.6. The average Bonchev–Trinajstić information content (AvgIpc) is 2.94. The number of hydrogen-bond donors (Lipinski definition) is 2. The van der Waals surface area contributed by atoms with Crippen LogP contribution in [-0.4, -0.2) is 65.2 Å². The van der Waals surface area contributed by atoms with Gasteiger partial charge in [0.05, 0.1) is 5.56 Å². The van der Waals surface area contributed by atoms with Gasteiger partial charge in [0.15, 0.2) is 0 Å². The molecule has 0 radical (unpaired) electrons. The number of hydrogen-bond acceptors (Lipinski definition) is 5. The first-order chi connectivity index (χ1) is 16.0. The molecule has 10 heteroatoms. The summed E-state index contributed by atoms with van der Waals surface area (Å²) in [5.41, 5.74) is 1.47. The molecule has 2 aliphatic heterocycles. The number of fused-ring (bicyclic) bond motifs is 2. The normalized spacial score (nSPS) is 18.9. The van der Waals surface area contributed by atoms with Gasteiger partial charge < -0.3 is 15.1 Å². The van der Waals surface area contributed by atoms with Gasteiger partial charge in [0, 0.05) is 54.2 Å². The van der Waals surface area contributed by atoms with Crippen molar-refractivity contribution in [1.29, 1.82) is 0 Å². The van der Waals surface area contributed by atoms with Gasteiger partial charge in [-0.15, -0.1) is 0 Å². The number of benzene rings is 2. The third-order valence-electron chi connectivity index (χ3n) is 5.65. The Morgan fingerprint density at radius 2 is 1.59 bits per heavy atom. The summed E-state index contributed by atoms with van der Waals surface area (Å²) in [6.07, 6.45) is -2.57. The molecule has 2 N–H and O–H groups in total. The lowest BCUT2D eigenvalue weighted by Crippen LogP contribution is -2.46.